The van der Waals surface area contributed by atoms with E-state index in [4.69, 9.17) is 0 Å². The van der Waals surface area contributed by atoms with Crippen LogP contribution < -0.4 is 5.32 Å². The summed E-state index contributed by atoms with van der Waals surface area (Å²) in [6.45, 7) is 1.61. The number of piperidine rings is 1. The second-order valence-corrected chi connectivity index (χ2v) is 4.34. The predicted octanol–water partition coefficient (Wildman–Crippen LogP) is 3.30. The van der Waals surface area contributed by atoms with E-state index in [-0.39, 0.29) is 24.1 Å². The molecule has 0 unspecified atom stereocenters. The van der Waals surface area contributed by atoms with Crippen LogP contribution in [-0.4, -0.2) is 18.2 Å². The van der Waals surface area contributed by atoms with E-state index in [2.05, 4.69) is 5.32 Å². The van der Waals surface area contributed by atoms with Crippen molar-refractivity contribution in [2.75, 3.05) is 13.1 Å². The molecule has 0 aromatic heterocycles. The van der Waals surface area contributed by atoms with Gasteiger partial charge in [-0.3, -0.25) is 0 Å². The Labute approximate surface area is 110 Å². The molecular weight excluding hydrogens is 267 g/mol. The number of hydrogen-bond donors (Lipinski definition) is 2. The first kappa shape index (κ1) is 15.1. The lowest BCUT2D eigenvalue weighted by atomic mass is 9.89. The van der Waals surface area contributed by atoms with Crippen molar-refractivity contribution in [2.45, 2.75) is 24.9 Å². The fourth-order valence-electron chi connectivity index (χ4n) is 2.19. The molecule has 1 saturated heterocycles. The Balaban J connectivity index is 0.00000162. The van der Waals surface area contributed by atoms with Crippen LogP contribution in [0.15, 0.2) is 18.2 Å². The van der Waals surface area contributed by atoms with Crippen molar-refractivity contribution in [3.8, 4) is 5.75 Å². The summed E-state index contributed by atoms with van der Waals surface area (Å²) in [4.78, 5) is 0. The third-order valence-corrected chi connectivity index (χ3v) is 3.08. The first-order valence-electron chi connectivity index (χ1n) is 5.58. The number of aromatic hydroxyl groups is 1. The summed E-state index contributed by atoms with van der Waals surface area (Å²) < 4.78 is 37.8. The third-order valence-electron chi connectivity index (χ3n) is 3.08. The molecule has 0 amide bonds. The Bertz CT molecular complexity index is 403. The average molecular weight is 282 g/mol. The van der Waals surface area contributed by atoms with Crippen LogP contribution in [0.2, 0.25) is 0 Å². The summed E-state index contributed by atoms with van der Waals surface area (Å²) in [6, 6.07) is 3.35. The zero-order valence-corrected chi connectivity index (χ0v) is 10.4. The lowest BCUT2D eigenvalue weighted by molar-refractivity contribution is -0.137. The molecule has 18 heavy (non-hydrogen) atoms. The molecule has 0 spiro atoms. The van der Waals surface area contributed by atoms with Crippen molar-refractivity contribution < 1.29 is 18.3 Å². The fraction of sp³-hybridized carbons (Fsp3) is 0.500. The highest BCUT2D eigenvalue weighted by atomic mass is 35.5. The number of rotatable bonds is 1. The third kappa shape index (κ3) is 3.53. The molecule has 0 atom stereocenters. The van der Waals surface area contributed by atoms with Gasteiger partial charge in [0.05, 0.1) is 5.56 Å². The van der Waals surface area contributed by atoms with E-state index in [0.717, 1.165) is 38.1 Å². The molecule has 1 aromatic carbocycles. The Morgan fingerprint density at radius 3 is 2.28 bits per heavy atom. The maximum atomic E-state index is 12.6. The fourth-order valence-corrected chi connectivity index (χ4v) is 2.19. The lowest BCUT2D eigenvalue weighted by Gasteiger charge is -2.23. The number of phenols is 1. The van der Waals surface area contributed by atoms with Crippen molar-refractivity contribution >= 4 is 12.4 Å². The highest BCUT2D eigenvalue weighted by molar-refractivity contribution is 5.85. The van der Waals surface area contributed by atoms with Crippen LogP contribution in [0.1, 0.15) is 29.9 Å². The van der Waals surface area contributed by atoms with E-state index in [0.29, 0.717) is 5.56 Å². The summed E-state index contributed by atoms with van der Waals surface area (Å²) in [5, 5.41) is 12.5. The van der Waals surface area contributed by atoms with E-state index < -0.39 is 11.7 Å². The van der Waals surface area contributed by atoms with Crippen molar-refractivity contribution in [3.63, 3.8) is 0 Å². The van der Waals surface area contributed by atoms with Gasteiger partial charge in [0.25, 0.3) is 0 Å². The van der Waals surface area contributed by atoms with Crippen molar-refractivity contribution in [3.05, 3.63) is 29.3 Å². The number of benzene rings is 1. The van der Waals surface area contributed by atoms with Crippen molar-refractivity contribution in [1.82, 2.24) is 5.32 Å². The number of nitrogens with one attached hydrogen (secondary N) is 1. The van der Waals surface area contributed by atoms with E-state index >= 15 is 0 Å². The Morgan fingerprint density at radius 1 is 1.11 bits per heavy atom. The molecule has 2 N–H and O–H groups in total. The summed E-state index contributed by atoms with van der Waals surface area (Å²) in [5.74, 6) is -0.210. The molecule has 2 rings (SSSR count). The monoisotopic (exact) mass is 281 g/mol. The molecule has 0 aliphatic carbocycles. The van der Waals surface area contributed by atoms with Gasteiger partial charge < -0.3 is 10.4 Å². The quantitative estimate of drug-likeness (QED) is 0.828. The van der Waals surface area contributed by atoms with Crippen LogP contribution in [-0.2, 0) is 6.18 Å². The predicted molar refractivity (Wildman–Crippen MR) is 65.2 cm³/mol. The van der Waals surface area contributed by atoms with Gasteiger partial charge in [-0.15, -0.1) is 12.4 Å². The smallest absolute Gasteiger partial charge is 0.416 e. The molecule has 0 radical (unpaired) electrons. The van der Waals surface area contributed by atoms with Crippen LogP contribution in [0, 0.1) is 0 Å². The van der Waals surface area contributed by atoms with Gasteiger partial charge in [-0.05, 0) is 55.6 Å². The normalized spacial score (nSPS) is 17.3. The molecule has 1 aliphatic heterocycles. The lowest BCUT2D eigenvalue weighted by Crippen LogP contribution is -2.26. The number of phenolic OH excluding ortho intramolecular Hbond substituents is 1. The van der Waals surface area contributed by atoms with Crippen LogP contribution >= 0.6 is 12.4 Å². The SMILES string of the molecule is Cl.Oc1cc(C2CCNCC2)cc(C(F)(F)F)c1. The molecule has 6 heteroatoms. The number of alkyl halides is 3. The molecule has 2 nitrogen and oxygen atoms in total. The minimum Gasteiger partial charge on any atom is -0.508 e. The topological polar surface area (TPSA) is 32.3 Å². The first-order chi connectivity index (χ1) is 7.97. The van der Waals surface area contributed by atoms with Crippen LogP contribution in [0.5, 0.6) is 5.75 Å². The molecule has 0 bridgehead atoms. The van der Waals surface area contributed by atoms with Gasteiger partial charge >= 0.3 is 6.18 Å². The van der Waals surface area contributed by atoms with E-state index in [1.54, 1.807) is 0 Å². The van der Waals surface area contributed by atoms with Gasteiger partial charge in [0.15, 0.2) is 0 Å². The maximum Gasteiger partial charge on any atom is 0.416 e. The standard InChI is InChI=1S/C12H14F3NO.ClH/c13-12(14,15)10-5-9(6-11(17)7-10)8-1-3-16-4-2-8;/h5-8,16-17H,1-4H2;1H. The minimum atomic E-state index is -4.40. The van der Waals surface area contributed by atoms with Gasteiger partial charge in [-0.25, -0.2) is 0 Å². The van der Waals surface area contributed by atoms with Crippen LogP contribution in [0.3, 0.4) is 0 Å². The first-order valence-corrected chi connectivity index (χ1v) is 5.58. The van der Waals surface area contributed by atoms with Gasteiger partial charge in [0.1, 0.15) is 5.75 Å². The van der Waals surface area contributed by atoms with E-state index in [1.165, 1.54) is 6.07 Å². The number of hydrogen-bond acceptors (Lipinski definition) is 2. The van der Waals surface area contributed by atoms with Crippen LogP contribution in [0.4, 0.5) is 13.2 Å². The molecule has 1 fully saturated rings. The van der Waals surface area contributed by atoms with Gasteiger partial charge in [-0.1, -0.05) is 0 Å². The molecule has 102 valence electrons. The average Bonchev–Trinajstić information content (AvgIpc) is 2.28. The largest absolute Gasteiger partial charge is 0.508 e. The van der Waals surface area contributed by atoms with Crippen molar-refractivity contribution in [1.29, 1.82) is 0 Å². The van der Waals surface area contributed by atoms with Gasteiger partial charge in [0, 0.05) is 0 Å². The minimum absolute atomic E-state index is 0. The van der Waals surface area contributed by atoms with Crippen LogP contribution in [0.25, 0.3) is 0 Å². The Hall–Kier alpha value is -0.940. The van der Waals surface area contributed by atoms with Crippen molar-refractivity contribution in [2.24, 2.45) is 0 Å². The molecule has 1 aliphatic rings. The van der Waals surface area contributed by atoms with Gasteiger partial charge in [0.2, 0.25) is 0 Å². The molecule has 0 saturated carbocycles. The summed E-state index contributed by atoms with van der Waals surface area (Å²) in [5.41, 5.74) is -0.190. The highest BCUT2D eigenvalue weighted by Gasteiger charge is 2.32. The second kappa shape index (κ2) is 5.80. The summed E-state index contributed by atoms with van der Waals surface area (Å²) in [7, 11) is 0. The Kier molecular flexibility index (Phi) is 4.87. The second-order valence-electron chi connectivity index (χ2n) is 4.34. The Morgan fingerprint density at radius 2 is 1.72 bits per heavy atom. The van der Waals surface area contributed by atoms with E-state index in [9.17, 15) is 18.3 Å². The summed E-state index contributed by atoms with van der Waals surface area (Å²) >= 11 is 0. The summed E-state index contributed by atoms with van der Waals surface area (Å²) in [6.07, 6.45) is -2.79. The van der Waals surface area contributed by atoms with E-state index in [1.807, 2.05) is 0 Å². The van der Waals surface area contributed by atoms with Gasteiger partial charge in [-0.2, -0.15) is 13.2 Å². The number of halogens is 4. The maximum absolute atomic E-state index is 12.6. The highest BCUT2D eigenvalue weighted by Crippen LogP contribution is 2.35. The molecule has 1 heterocycles. The molecular formula is C12H15ClF3NO. The zero-order chi connectivity index (χ0) is 12.5. The zero-order valence-electron chi connectivity index (χ0n) is 9.63. The molecule has 1 aromatic rings.